The van der Waals surface area contributed by atoms with Gasteiger partial charge >= 0.3 is 5.97 Å². The highest BCUT2D eigenvalue weighted by atomic mass is 19.1. The van der Waals surface area contributed by atoms with Crippen LogP contribution in [0, 0.1) is 5.82 Å². The SMILES string of the molecule is CC(=O)OCNC(=O)c1ccc(F)cc1. The average molecular weight is 211 g/mol. The van der Waals surface area contributed by atoms with Crippen molar-refractivity contribution in [2.24, 2.45) is 0 Å². The van der Waals surface area contributed by atoms with E-state index in [0.29, 0.717) is 5.56 Å². The number of esters is 1. The summed E-state index contributed by atoms with van der Waals surface area (Å²) in [6, 6.07) is 5.05. The number of ether oxygens (including phenoxy) is 1. The molecule has 1 rings (SSSR count). The first-order valence-electron chi connectivity index (χ1n) is 4.26. The van der Waals surface area contributed by atoms with Crippen LogP contribution in [0.5, 0.6) is 0 Å². The third kappa shape index (κ3) is 3.76. The van der Waals surface area contributed by atoms with Gasteiger partial charge in [-0.05, 0) is 24.3 Å². The number of rotatable bonds is 3. The van der Waals surface area contributed by atoms with Crippen LogP contribution in [0.25, 0.3) is 0 Å². The first kappa shape index (κ1) is 11.2. The van der Waals surface area contributed by atoms with E-state index in [1.807, 2.05) is 0 Å². The zero-order valence-corrected chi connectivity index (χ0v) is 8.12. The Morgan fingerprint density at radius 2 is 1.93 bits per heavy atom. The summed E-state index contributed by atoms with van der Waals surface area (Å²) in [5, 5.41) is 2.35. The Morgan fingerprint density at radius 1 is 1.33 bits per heavy atom. The fourth-order valence-corrected chi connectivity index (χ4v) is 0.907. The zero-order chi connectivity index (χ0) is 11.3. The van der Waals surface area contributed by atoms with Gasteiger partial charge in [-0.2, -0.15) is 0 Å². The Labute approximate surface area is 86.0 Å². The maximum absolute atomic E-state index is 12.5. The molecule has 0 aromatic heterocycles. The lowest BCUT2D eigenvalue weighted by Crippen LogP contribution is -2.27. The van der Waals surface area contributed by atoms with Gasteiger partial charge in [0.2, 0.25) is 0 Å². The minimum Gasteiger partial charge on any atom is -0.445 e. The van der Waals surface area contributed by atoms with Crippen molar-refractivity contribution in [1.29, 1.82) is 0 Å². The van der Waals surface area contributed by atoms with Crippen molar-refractivity contribution in [3.05, 3.63) is 35.6 Å². The molecule has 0 spiro atoms. The first-order chi connectivity index (χ1) is 7.09. The Balaban J connectivity index is 2.47. The van der Waals surface area contributed by atoms with Gasteiger partial charge in [-0.3, -0.25) is 9.59 Å². The molecule has 1 N–H and O–H groups in total. The summed E-state index contributed by atoms with van der Waals surface area (Å²) >= 11 is 0. The summed E-state index contributed by atoms with van der Waals surface area (Å²) < 4.78 is 17.0. The third-order valence-electron chi connectivity index (χ3n) is 1.61. The second-order valence-corrected chi connectivity index (χ2v) is 2.79. The Kier molecular flexibility index (Phi) is 3.79. The summed E-state index contributed by atoms with van der Waals surface area (Å²) in [4.78, 5) is 21.7. The highest BCUT2D eigenvalue weighted by molar-refractivity contribution is 5.94. The molecule has 1 aromatic rings. The number of carbonyl (C=O) groups excluding carboxylic acids is 2. The number of benzene rings is 1. The number of nitrogens with one attached hydrogen (secondary N) is 1. The van der Waals surface area contributed by atoms with E-state index in [4.69, 9.17) is 0 Å². The topological polar surface area (TPSA) is 55.4 Å². The minimum absolute atomic E-state index is 0.189. The molecule has 1 aromatic carbocycles. The molecule has 0 radical (unpaired) electrons. The van der Waals surface area contributed by atoms with Crippen molar-refractivity contribution in [3.63, 3.8) is 0 Å². The predicted octanol–water partition coefficient (Wildman–Crippen LogP) is 1.08. The zero-order valence-electron chi connectivity index (χ0n) is 8.12. The van der Waals surface area contributed by atoms with E-state index in [1.54, 1.807) is 0 Å². The lowest BCUT2D eigenvalue weighted by atomic mass is 10.2. The van der Waals surface area contributed by atoms with Crippen LogP contribution < -0.4 is 5.32 Å². The summed E-state index contributed by atoms with van der Waals surface area (Å²) in [6.07, 6.45) is 0. The van der Waals surface area contributed by atoms with Gasteiger partial charge in [0.25, 0.3) is 5.91 Å². The first-order valence-corrected chi connectivity index (χ1v) is 4.26. The molecule has 0 aliphatic heterocycles. The number of halogens is 1. The Morgan fingerprint density at radius 3 is 2.47 bits per heavy atom. The van der Waals surface area contributed by atoms with Crippen LogP contribution >= 0.6 is 0 Å². The molecule has 0 saturated carbocycles. The smallest absolute Gasteiger partial charge is 0.304 e. The van der Waals surface area contributed by atoms with Crippen LogP contribution in [-0.2, 0) is 9.53 Å². The maximum Gasteiger partial charge on any atom is 0.304 e. The van der Waals surface area contributed by atoms with Gasteiger partial charge < -0.3 is 10.1 Å². The number of amides is 1. The highest BCUT2D eigenvalue weighted by Gasteiger charge is 2.04. The van der Waals surface area contributed by atoms with Crippen molar-refractivity contribution in [2.75, 3.05) is 6.73 Å². The van der Waals surface area contributed by atoms with Gasteiger partial charge in [0.05, 0.1) is 0 Å². The van der Waals surface area contributed by atoms with Gasteiger partial charge in [-0.15, -0.1) is 0 Å². The van der Waals surface area contributed by atoms with E-state index in [-0.39, 0.29) is 6.73 Å². The maximum atomic E-state index is 12.5. The molecule has 80 valence electrons. The van der Waals surface area contributed by atoms with Crippen molar-refractivity contribution >= 4 is 11.9 Å². The van der Waals surface area contributed by atoms with Gasteiger partial charge in [-0.1, -0.05) is 0 Å². The van der Waals surface area contributed by atoms with Crippen LogP contribution in [0.4, 0.5) is 4.39 Å². The quantitative estimate of drug-likeness (QED) is 0.601. The number of hydrogen-bond acceptors (Lipinski definition) is 3. The number of carbonyl (C=O) groups is 2. The highest BCUT2D eigenvalue weighted by Crippen LogP contribution is 2.01. The summed E-state index contributed by atoms with van der Waals surface area (Å²) in [7, 11) is 0. The van der Waals surface area contributed by atoms with E-state index in [9.17, 15) is 14.0 Å². The molecule has 0 aliphatic carbocycles. The molecular formula is C10H10FNO3. The van der Waals surface area contributed by atoms with Gasteiger partial charge in [0, 0.05) is 12.5 Å². The molecular weight excluding hydrogens is 201 g/mol. The molecule has 0 unspecified atom stereocenters. The largest absolute Gasteiger partial charge is 0.445 e. The van der Waals surface area contributed by atoms with Crippen molar-refractivity contribution in [3.8, 4) is 0 Å². The molecule has 0 atom stereocenters. The van der Waals surface area contributed by atoms with Gasteiger partial charge in [0.1, 0.15) is 5.82 Å². The minimum atomic E-state index is -0.477. The molecule has 0 heterocycles. The van der Waals surface area contributed by atoms with E-state index in [0.717, 1.165) is 0 Å². The van der Waals surface area contributed by atoms with Crippen LogP contribution in [0.2, 0.25) is 0 Å². The van der Waals surface area contributed by atoms with E-state index >= 15 is 0 Å². The van der Waals surface area contributed by atoms with Crippen molar-refractivity contribution in [2.45, 2.75) is 6.92 Å². The van der Waals surface area contributed by atoms with E-state index in [1.165, 1.54) is 31.2 Å². The average Bonchev–Trinajstić information content (AvgIpc) is 2.18. The lowest BCUT2D eigenvalue weighted by molar-refractivity contribution is -0.141. The van der Waals surface area contributed by atoms with Crippen molar-refractivity contribution < 1.29 is 18.7 Å². The monoisotopic (exact) mass is 211 g/mol. The third-order valence-corrected chi connectivity index (χ3v) is 1.61. The summed E-state index contributed by atoms with van der Waals surface area (Å²) in [5.41, 5.74) is 0.309. The van der Waals surface area contributed by atoms with E-state index < -0.39 is 17.7 Å². The molecule has 15 heavy (non-hydrogen) atoms. The fourth-order valence-electron chi connectivity index (χ4n) is 0.907. The molecule has 0 saturated heterocycles. The normalized spacial score (nSPS) is 9.47. The number of hydrogen-bond donors (Lipinski definition) is 1. The van der Waals surface area contributed by atoms with Crippen LogP contribution in [-0.4, -0.2) is 18.6 Å². The summed E-state index contributed by atoms with van der Waals surface area (Å²) in [6.45, 7) is 1.05. The van der Waals surface area contributed by atoms with Gasteiger partial charge in [-0.25, -0.2) is 4.39 Å². The van der Waals surface area contributed by atoms with Crippen LogP contribution in [0.3, 0.4) is 0 Å². The van der Waals surface area contributed by atoms with E-state index in [2.05, 4.69) is 10.1 Å². The Bertz CT molecular complexity index is 361. The van der Waals surface area contributed by atoms with Crippen molar-refractivity contribution in [1.82, 2.24) is 5.32 Å². The molecule has 0 aliphatic rings. The predicted molar refractivity (Wildman–Crippen MR) is 50.5 cm³/mol. The summed E-state index contributed by atoms with van der Waals surface area (Å²) in [5.74, 6) is -1.31. The molecule has 0 bridgehead atoms. The second-order valence-electron chi connectivity index (χ2n) is 2.79. The molecule has 4 nitrogen and oxygen atoms in total. The van der Waals surface area contributed by atoms with Crippen LogP contribution in [0.15, 0.2) is 24.3 Å². The fraction of sp³-hybridized carbons (Fsp3) is 0.200. The van der Waals surface area contributed by atoms with Gasteiger partial charge in [0.15, 0.2) is 6.73 Å². The standard InChI is InChI=1S/C10H10FNO3/c1-7(13)15-6-12-10(14)8-2-4-9(11)5-3-8/h2-5H,6H2,1H3,(H,12,14). The lowest BCUT2D eigenvalue weighted by Gasteiger charge is -2.04. The van der Waals surface area contributed by atoms with Crippen LogP contribution in [0.1, 0.15) is 17.3 Å². The Hall–Kier alpha value is -1.91. The second kappa shape index (κ2) is 5.09. The molecule has 1 amide bonds. The molecule has 5 heteroatoms. The molecule has 0 fully saturated rings.